The number of hydrogen-bond donors (Lipinski definition) is 1. The fourth-order valence-corrected chi connectivity index (χ4v) is 2.41. The topological polar surface area (TPSA) is 55.2 Å². The lowest BCUT2D eigenvalue weighted by Crippen LogP contribution is -2.10. The molecule has 2 aromatic rings. The van der Waals surface area contributed by atoms with Crippen LogP contribution in [0, 0.1) is 22.9 Å². The molecule has 0 aromatic heterocycles. The van der Waals surface area contributed by atoms with Gasteiger partial charge in [0.15, 0.2) is 0 Å². The lowest BCUT2D eigenvalue weighted by Gasteiger charge is -2.17. The molecule has 0 fully saturated rings. The third-order valence-corrected chi connectivity index (χ3v) is 3.64. The Bertz CT molecular complexity index is 691. The molecule has 0 saturated carbocycles. The highest BCUT2D eigenvalue weighted by molar-refractivity contribution is 9.10. The molecule has 0 aliphatic carbocycles. The van der Waals surface area contributed by atoms with Crippen LogP contribution in [0.15, 0.2) is 40.9 Å². The Labute approximate surface area is 130 Å². The molecule has 1 unspecified atom stereocenters. The van der Waals surface area contributed by atoms with Crippen LogP contribution in [0.3, 0.4) is 0 Å². The summed E-state index contributed by atoms with van der Waals surface area (Å²) in [4.78, 5) is 10.6. The number of nitro groups is 1. The van der Waals surface area contributed by atoms with E-state index in [0.29, 0.717) is 15.7 Å². The van der Waals surface area contributed by atoms with Crippen LogP contribution >= 0.6 is 15.9 Å². The second kappa shape index (κ2) is 6.22. The van der Waals surface area contributed by atoms with Gasteiger partial charge in [-0.2, -0.15) is 0 Å². The maximum absolute atomic E-state index is 13.9. The van der Waals surface area contributed by atoms with Gasteiger partial charge < -0.3 is 5.32 Å². The summed E-state index contributed by atoms with van der Waals surface area (Å²) in [7, 11) is 0. The van der Waals surface area contributed by atoms with Gasteiger partial charge in [-0.25, -0.2) is 4.39 Å². The number of nitrogens with one attached hydrogen (secondary N) is 1. The van der Waals surface area contributed by atoms with Gasteiger partial charge in [0.1, 0.15) is 11.5 Å². The first-order valence-corrected chi connectivity index (χ1v) is 7.14. The molecule has 0 aliphatic heterocycles. The highest BCUT2D eigenvalue weighted by Gasteiger charge is 2.18. The summed E-state index contributed by atoms with van der Waals surface area (Å²) in [6.45, 7) is 3.55. The van der Waals surface area contributed by atoms with Crippen LogP contribution in [0.4, 0.5) is 15.8 Å². The number of halogens is 2. The SMILES string of the molecule is Cc1ccc(NC(C)c2ccc(Br)cc2F)c([N+](=O)[O-])c1. The second-order valence-corrected chi connectivity index (χ2v) is 5.73. The van der Waals surface area contributed by atoms with Crippen molar-refractivity contribution in [1.82, 2.24) is 0 Å². The largest absolute Gasteiger partial charge is 0.373 e. The average molecular weight is 353 g/mol. The normalized spacial score (nSPS) is 12.0. The minimum atomic E-state index is -0.444. The van der Waals surface area contributed by atoms with Crippen molar-refractivity contribution in [2.45, 2.75) is 19.9 Å². The Hall–Kier alpha value is -1.95. The fraction of sp³-hybridized carbons (Fsp3) is 0.200. The number of nitrogens with zero attached hydrogens (tertiary/aromatic N) is 1. The Morgan fingerprint density at radius 1 is 1.29 bits per heavy atom. The minimum absolute atomic E-state index is 0.0145. The summed E-state index contributed by atoms with van der Waals surface area (Å²) in [6.07, 6.45) is 0. The third kappa shape index (κ3) is 3.58. The van der Waals surface area contributed by atoms with Gasteiger partial charge in [0.05, 0.1) is 11.0 Å². The summed E-state index contributed by atoms with van der Waals surface area (Å²) in [5.41, 5.74) is 1.61. The lowest BCUT2D eigenvalue weighted by atomic mass is 10.1. The summed E-state index contributed by atoms with van der Waals surface area (Å²) >= 11 is 3.20. The predicted octanol–water partition coefficient (Wildman–Crippen LogP) is 4.98. The zero-order valence-corrected chi connectivity index (χ0v) is 13.1. The van der Waals surface area contributed by atoms with Crippen molar-refractivity contribution in [3.8, 4) is 0 Å². The molecular weight excluding hydrogens is 339 g/mol. The van der Waals surface area contributed by atoms with E-state index < -0.39 is 4.92 Å². The van der Waals surface area contributed by atoms with E-state index in [1.807, 2.05) is 0 Å². The highest BCUT2D eigenvalue weighted by Crippen LogP contribution is 2.30. The molecule has 0 spiro atoms. The molecule has 0 amide bonds. The van der Waals surface area contributed by atoms with Gasteiger partial charge in [-0.3, -0.25) is 10.1 Å². The van der Waals surface area contributed by atoms with Gasteiger partial charge in [0.25, 0.3) is 5.69 Å². The summed E-state index contributed by atoms with van der Waals surface area (Å²) in [6, 6.07) is 9.28. The van der Waals surface area contributed by atoms with E-state index in [1.165, 1.54) is 12.1 Å². The first-order chi connectivity index (χ1) is 9.88. The average Bonchev–Trinajstić information content (AvgIpc) is 2.40. The number of benzene rings is 2. The molecular formula is C15H14BrFN2O2. The number of anilines is 1. The minimum Gasteiger partial charge on any atom is -0.373 e. The van der Waals surface area contributed by atoms with Crippen molar-refractivity contribution in [2.24, 2.45) is 0 Å². The van der Waals surface area contributed by atoms with Crippen LogP contribution in [0.5, 0.6) is 0 Å². The van der Waals surface area contributed by atoms with Gasteiger partial charge in [0, 0.05) is 16.1 Å². The predicted molar refractivity (Wildman–Crippen MR) is 84.0 cm³/mol. The van der Waals surface area contributed by atoms with E-state index in [2.05, 4.69) is 21.2 Å². The van der Waals surface area contributed by atoms with Crippen LogP contribution < -0.4 is 5.32 Å². The third-order valence-electron chi connectivity index (χ3n) is 3.15. The van der Waals surface area contributed by atoms with Crippen molar-refractivity contribution < 1.29 is 9.31 Å². The molecule has 0 bridgehead atoms. The van der Waals surface area contributed by atoms with Crippen LogP contribution in [0.1, 0.15) is 24.1 Å². The Morgan fingerprint density at radius 3 is 2.62 bits per heavy atom. The van der Waals surface area contributed by atoms with E-state index in [-0.39, 0.29) is 17.5 Å². The van der Waals surface area contributed by atoms with E-state index in [4.69, 9.17) is 0 Å². The van der Waals surface area contributed by atoms with Crippen molar-refractivity contribution in [3.05, 3.63) is 67.9 Å². The van der Waals surface area contributed by atoms with Crippen LogP contribution in [-0.2, 0) is 0 Å². The standard InChI is InChI=1S/C15H14BrFN2O2/c1-9-3-6-14(15(7-9)19(20)21)18-10(2)12-5-4-11(16)8-13(12)17/h3-8,10,18H,1-2H3. The maximum atomic E-state index is 13.9. The Kier molecular flexibility index (Phi) is 4.57. The molecule has 0 aliphatic rings. The molecule has 1 N–H and O–H groups in total. The van der Waals surface area contributed by atoms with E-state index in [0.717, 1.165) is 5.56 Å². The van der Waals surface area contributed by atoms with E-state index in [9.17, 15) is 14.5 Å². The molecule has 1 atom stereocenters. The van der Waals surface area contributed by atoms with Crippen LogP contribution in [-0.4, -0.2) is 4.92 Å². The van der Waals surface area contributed by atoms with Crippen molar-refractivity contribution in [2.75, 3.05) is 5.32 Å². The molecule has 110 valence electrons. The molecule has 0 saturated heterocycles. The number of rotatable bonds is 4. The fourth-order valence-electron chi connectivity index (χ4n) is 2.08. The van der Waals surface area contributed by atoms with Gasteiger partial charge in [0.2, 0.25) is 0 Å². The van der Waals surface area contributed by atoms with Crippen molar-refractivity contribution in [3.63, 3.8) is 0 Å². The summed E-state index contributed by atoms with van der Waals surface area (Å²) < 4.78 is 14.6. The van der Waals surface area contributed by atoms with Crippen LogP contribution in [0.2, 0.25) is 0 Å². The van der Waals surface area contributed by atoms with Crippen LogP contribution in [0.25, 0.3) is 0 Å². The molecule has 2 rings (SSSR count). The zero-order valence-electron chi connectivity index (χ0n) is 11.6. The Morgan fingerprint density at radius 2 is 2.00 bits per heavy atom. The lowest BCUT2D eigenvalue weighted by molar-refractivity contribution is -0.384. The smallest absolute Gasteiger partial charge is 0.292 e. The van der Waals surface area contributed by atoms with Gasteiger partial charge >= 0.3 is 0 Å². The molecule has 4 nitrogen and oxygen atoms in total. The summed E-state index contributed by atoms with van der Waals surface area (Å²) in [5.74, 6) is -0.362. The molecule has 0 radical (unpaired) electrons. The first kappa shape index (κ1) is 15.4. The highest BCUT2D eigenvalue weighted by atomic mass is 79.9. The van der Waals surface area contributed by atoms with E-state index in [1.54, 1.807) is 38.1 Å². The number of nitro benzene ring substituents is 1. The molecule has 0 heterocycles. The first-order valence-electron chi connectivity index (χ1n) is 6.35. The molecule has 6 heteroatoms. The quantitative estimate of drug-likeness (QED) is 0.623. The van der Waals surface area contributed by atoms with Gasteiger partial charge in [-0.15, -0.1) is 0 Å². The Balaban J connectivity index is 2.31. The molecule has 21 heavy (non-hydrogen) atoms. The monoisotopic (exact) mass is 352 g/mol. The maximum Gasteiger partial charge on any atom is 0.292 e. The number of hydrogen-bond acceptors (Lipinski definition) is 3. The molecule has 2 aromatic carbocycles. The zero-order chi connectivity index (χ0) is 15.6. The summed E-state index contributed by atoms with van der Waals surface area (Å²) in [5, 5.41) is 14.1. The van der Waals surface area contributed by atoms with E-state index >= 15 is 0 Å². The van der Waals surface area contributed by atoms with Gasteiger partial charge in [-0.05, 0) is 37.6 Å². The van der Waals surface area contributed by atoms with Crippen molar-refractivity contribution in [1.29, 1.82) is 0 Å². The number of aryl methyl sites for hydroxylation is 1. The second-order valence-electron chi connectivity index (χ2n) is 4.81. The van der Waals surface area contributed by atoms with Gasteiger partial charge in [-0.1, -0.05) is 28.1 Å². The van der Waals surface area contributed by atoms with Crippen molar-refractivity contribution >= 4 is 27.3 Å².